The molecule has 0 saturated carbocycles. The lowest BCUT2D eigenvalue weighted by molar-refractivity contribution is -0.130. The molecule has 0 radical (unpaired) electrons. The first-order valence-electron chi connectivity index (χ1n) is 8.88. The molecule has 2 saturated heterocycles. The molecular weight excluding hydrogens is 354 g/mol. The van der Waals surface area contributed by atoms with Gasteiger partial charge < -0.3 is 10.2 Å². The highest BCUT2D eigenvalue weighted by Gasteiger charge is 2.31. The fourth-order valence-corrected chi connectivity index (χ4v) is 5.02. The minimum atomic E-state index is 0.198. The van der Waals surface area contributed by atoms with Gasteiger partial charge >= 0.3 is 0 Å². The summed E-state index contributed by atoms with van der Waals surface area (Å²) in [5.74, 6) is 1.68. The number of fused-ring (bicyclic) bond motifs is 1. The number of carbonyl (C=O) groups is 1. The maximum absolute atomic E-state index is 12.7. The molecule has 2 aromatic rings. The Morgan fingerprint density at radius 2 is 1.96 bits per heavy atom. The molecule has 1 N–H and O–H groups in total. The number of hydrogen-bond donors (Lipinski definition) is 1. The highest BCUT2D eigenvalue weighted by atomic mass is 35.5. The molecule has 0 aliphatic carbocycles. The second-order valence-electron chi connectivity index (χ2n) is 6.94. The molecule has 4 rings (SSSR count). The molecule has 0 bridgehead atoms. The molecule has 2 atom stereocenters. The lowest BCUT2D eigenvalue weighted by Gasteiger charge is -2.20. The van der Waals surface area contributed by atoms with Crippen molar-refractivity contribution in [3.63, 3.8) is 0 Å². The van der Waals surface area contributed by atoms with Gasteiger partial charge in [-0.25, -0.2) is 4.98 Å². The van der Waals surface area contributed by atoms with Crippen LogP contribution < -0.4 is 5.32 Å². The molecule has 3 heterocycles. The Balaban J connectivity index is 1.41. The van der Waals surface area contributed by atoms with Gasteiger partial charge in [-0.05, 0) is 43.8 Å². The number of amides is 1. The Bertz CT molecular complexity index is 749. The van der Waals surface area contributed by atoms with Gasteiger partial charge in [0.25, 0.3) is 0 Å². The van der Waals surface area contributed by atoms with Crippen LogP contribution in [0.3, 0.4) is 0 Å². The highest BCUT2D eigenvalue weighted by Crippen LogP contribution is 2.31. The van der Waals surface area contributed by atoms with E-state index in [4.69, 9.17) is 11.6 Å². The molecule has 2 aliphatic rings. The van der Waals surface area contributed by atoms with Crippen LogP contribution in [0, 0.1) is 11.8 Å². The first-order valence-corrected chi connectivity index (χ1v) is 10.1. The Morgan fingerprint density at radius 3 is 2.68 bits per heavy atom. The minimum Gasteiger partial charge on any atom is -0.342 e. The zero-order valence-electron chi connectivity index (χ0n) is 14.1. The van der Waals surface area contributed by atoms with Gasteiger partial charge in [0, 0.05) is 24.0 Å². The number of thiazole rings is 1. The quantitative estimate of drug-likeness (QED) is 0.893. The van der Waals surface area contributed by atoms with Crippen LogP contribution in [-0.4, -0.2) is 42.0 Å². The number of rotatable bonds is 3. The van der Waals surface area contributed by atoms with Gasteiger partial charge in [-0.15, -0.1) is 11.3 Å². The van der Waals surface area contributed by atoms with E-state index in [0.717, 1.165) is 67.1 Å². The number of likely N-dealkylation sites (tertiary alicyclic amines) is 1. The number of nitrogens with zero attached hydrogens (tertiary/aromatic N) is 2. The number of halogens is 1. The van der Waals surface area contributed by atoms with E-state index in [1.807, 2.05) is 34.5 Å². The van der Waals surface area contributed by atoms with Crippen molar-refractivity contribution in [2.45, 2.75) is 19.3 Å². The summed E-state index contributed by atoms with van der Waals surface area (Å²) in [6, 6.07) is 7.70. The van der Waals surface area contributed by atoms with Gasteiger partial charge in [0.15, 0.2) is 0 Å². The zero-order chi connectivity index (χ0) is 17.2. The average molecular weight is 376 g/mol. The summed E-state index contributed by atoms with van der Waals surface area (Å²) in [5, 5.41) is 7.03. The van der Waals surface area contributed by atoms with Crippen molar-refractivity contribution in [3.8, 4) is 10.6 Å². The molecule has 0 unspecified atom stereocenters. The number of aromatic nitrogens is 1. The van der Waals surface area contributed by atoms with Gasteiger partial charge in [0.1, 0.15) is 5.01 Å². The molecule has 0 spiro atoms. The number of carbonyl (C=O) groups excluding carboxylic acids is 1. The van der Waals surface area contributed by atoms with Gasteiger partial charge in [0.2, 0.25) is 5.91 Å². The predicted molar refractivity (Wildman–Crippen MR) is 102 cm³/mol. The minimum absolute atomic E-state index is 0.198. The summed E-state index contributed by atoms with van der Waals surface area (Å²) in [5.41, 5.74) is 1.78. The highest BCUT2D eigenvalue weighted by molar-refractivity contribution is 7.13. The lowest BCUT2D eigenvalue weighted by atomic mass is 9.92. The molecular formula is C19H22ClN3OS. The second-order valence-corrected chi connectivity index (χ2v) is 8.20. The monoisotopic (exact) mass is 375 g/mol. The Labute approximate surface area is 157 Å². The van der Waals surface area contributed by atoms with Crippen molar-refractivity contribution in [3.05, 3.63) is 40.4 Å². The van der Waals surface area contributed by atoms with Gasteiger partial charge in [-0.3, -0.25) is 4.79 Å². The topological polar surface area (TPSA) is 45.2 Å². The fourth-order valence-electron chi connectivity index (χ4n) is 3.88. The van der Waals surface area contributed by atoms with Crippen molar-refractivity contribution in [1.29, 1.82) is 0 Å². The third-order valence-corrected chi connectivity index (χ3v) is 6.61. The number of nitrogens with one attached hydrogen (secondary N) is 1. The summed E-state index contributed by atoms with van der Waals surface area (Å²) in [7, 11) is 0. The molecule has 4 nitrogen and oxygen atoms in total. The SMILES string of the molecule is O=C(Cc1csc(-c2ccccc2Cl)n1)N1CC[C@@H]2CNC[C@@H]2CC1. The van der Waals surface area contributed by atoms with E-state index < -0.39 is 0 Å². The van der Waals surface area contributed by atoms with Crippen LogP contribution in [0.5, 0.6) is 0 Å². The Hall–Kier alpha value is -1.43. The summed E-state index contributed by atoms with van der Waals surface area (Å²) in [4.78, 5) is 19.4. The molecule has 6 heteroatoms. The third kappa shape index (κ3) is 3.73. The summed E-state index contributed by atoms with van der Waals surface area (Å²) < 4.78 is 0. The van der Waals surface area contributed by atoms with Gasteiger partial charge in [0.05, 0.1) is 17.1 Å². The summed E-state index contributed by atoms with van der Waals surface area (Å²) in [6.45, 7) is 3.98. The zero-order valence-corrected chi connectivity index (χ0v) is 15.7. The van der Waals surface area contributed by atoms with E-state index in [1.165, 1.54) is 0 Å². The van der Waals surface area contributed by atoms with Crippen molar-refractivity contribution in [2.24, 2.45) is 11.8 Å². The average Bonchev–Trinajstić information content (AvgIpc) is 3.21. The normalized spacial score (nSPS) is 23.3. The van der Waals surface area contributed by atoms with E-state index >= 15 is 0 Å². The molecule has 25 heavy (non-hydrogen) atoms. The molecule has 2 aliphatic heterocycles. The molecule has 1 aromatic heterocycles. The van der Waals surface area contributed by atoms with Crippen LogP contribution in [0.25, 0.3) is 10.6 Å². The second kappa shape index (κ2) is 7.44. The lowest BCUT2D eigenvalue weighted by Crippen LogP contribution is -2.34. The molecule has 2 fully saturated rings. The van der Waals surface area contributed by atoms with E-state index in [0.29, 0.717) is 11.4 Å². The standard InChI is InChI=1S/C19H22ClN3OS/c20-17-4-2-1-3-16(17)19-22-15(12-25-19)9-18(24)23-7-5-13-10-21-11-14(13)6-8-23/h1-4,12-14,21H,5-11H2/t13-,14+. The van der Waals surface area contributed by atoms with E-state index in [2.05, 4.69) is 10.3 Å². The maximum Gasteiger partial charge on any atom is 0.228 e. The first kappa shape index (κ1) is 17.0. The maximum atomic E-state index is 12.7. The van der Waals surface area contributed by atoms with Gasteiger partial charge in [-0.1, -0.05) is 29.8 Å². The molecule has 132 valence electrons. The smallest absolute Gasteiger partial charge is 0.228 e. The third-order valence-electron chi connectivity index (χ3n) is 5.36. The number of benzene rings is 1. The van der Waals surface area contributed by atoms with Crippen LogP contribution >= 0.6 is 22.9 Å². The summed E-state index contributed by atoms with van der Waals surface area (Å²) >= 11 is 7.80. The Morgan fingerprint density at radius 1 is 1.24 bits per heavy atom. The first-order chi connectivity index (χ1) is 12.2. The van der Waals surface area contributed by atoms with Crippen LogP contribution in [0.2, 0.25) is 5.02 Å². The van der Waals surface area contributed by atoms with Gasteiger partial charge in [-0.2, -0.15) is 0 Å². The van der Waals surface area contributed by atoms with Crippen LogP contribution in [-0.2, 0) is 11.2 Å². The van der Waals surface area contributed by atoms with Crippen molar-refractivity contribution < 1.29 is 4.79 Å². The molecule has 1 aromatic carbocycles. The van der Waals surface area contributed by atoms with Crippen LogP contribution in [0.15, 0.2) is 29.6 Å². The number of hydrogen-bond acceptors (Lipinski definition) is 4. The Kier molecular flexibility index (Phi) is 5.06. The largest absolute Gasteiger partial charge is 0.342 e. The van der Waals surface area contributed by atoms with Crippen molar-refractivity contribution >= 4 is 28.8 Å². The van der Waals surface area contributed by atoms with Crippen molar-refractivity contribution in [1.82, 2.24) is 15.2 Å². The van der Waals surface area contributed by atoms with Crippen molar-refractivity contribution in [2.75, 3.05) is 26.2 Å². The van der Waals surface area contributed by atoms with E-state index in [-0.39, 0.29) is 5.91 Å². The fraction of sp³-hybridized carbons (Fsp3) is 0.474. The molecule has 1 amide bonds. The van der Waals surface area contributed by atoms with E-state index in [9.17, 15) is 4.79 Å². The predicted octanol–water partition coefficient (Wildman–Crippen LogP) is 3.46. The van der Waals surface area contributed by atoms with Crippen LogP contribution in [0.4, 0.5) is 0 Å². The van der Waals surface area contributed by atoms with Crippen LogP contribution in [0.1, 0.15) is 18.5 Å². The van der Waals surface area contributed by atoms with E-state index in [1.54, 1.807) is 11.3 Å². The summed E-state index contributed by atoms with van der Waals surface area (Å²) in [6.07, 6.45) is 2.62.